The monoisotopic (exact) mass is 496 g/mol. The highest BCUT2D eigenvalue weighted by Gasteiger charge is 2.24. The molecule has 2 aromatic heterocycles. The van der Waals surface area contributed by atoms with Crippen LogP contribution in [0.2, 0.25) is 0 Å². The number of ether oxygens (including phenoxy) is 2. The van der Waals surface area contributed by atoms with Gasteiger partial charge in [0.15, 0.2) is 0 Å². The van der Waals surface area contributed by atoms with Crippen LogP contribution in [0.3, 0.4) is 0 Å². The van der Waals surface area contributed by atoms with Gasteiger partial charge in [-0.3, -0.25) is 0 Å². The first-order valence-corrected chi connectivity index (χ1v) is 12.5. The van der Waals surface area contributed by atoms with Crippen molar-refractivity contribution in [2.45, 2.75) is 39.4 Å². The van der Waals surface area contributed by atoms with Crippen LogP contribution in [-0.4, -0.2) is 39.7 Å². The summed E-state index contributed by atoms with van der Waals surface area (Å²) in [5.41, 5.74) is 5.52. The smallest absolute Gasteiger partial charge is 0.410 e. The number of carbonyl (C=O) groups excluding carboxylic acids is 1. The van der Waals surface area contributed by atoms with Gasteiger partial charge in [0.2, 0.25) is 0 Å². The van der Waals surface area contributed by atoms with Crippen LogP contribution in [0.5, 0.6) is 5.75 Å². The van der Waals surface area contributed by atoms with Crippen LogP contribution in [0, 0.1) is 0 Å². The first-order valence-electron chi connectivity index (χ1n) is 12.5. The van der Waals surface area contributed by atoms with Crippen molar-refractivity contribution in [1.82, 2.24) is 14.9 Å². The molecule has 2 N–H and O–H groups in total. The molecule has 2 aromatic carbocycles. The van der Waals surface area contributed by atoms with Gasteiger partial charge in [-0.15, -0.1) is 0 Å². The molecule has 5 rings (SSSR count). The second kappa shape index (κ2) is 10.4. The maximum atomic E-state index is 12.4. The number of pyridine rings is 1. The quantitative estimate of drug-likeness (QED) is 0.303. The molecule has 0 bridgehead atoms. The van der Waals surface area contributed by atoms with Gasteiger partial charge in [-0.1, -0.05) is 42.5 Å². The topological polar surface area (TPSA) is 79.5 Å². The van der Waals surface area contributed by atoms with Crippen LogP contribution in [0.15, 0.2) is 79.0 Å². The fourth-order valence-electron chi connectivity index (χ4n) is 4.28. The molecule has 0 saturated carbocycles. The van der Waals surface area contributed by atoms with Crippen molar-refractivity contribution in [3.8, 4) is 5.75 Å². The van der Waals surface area contributed by atoms with E-state index in [1.54, 1.807) is 11.1 Å². The highest BCUT2D eigenvalue weighted by atomic mass is 16.6. The largest absolute Gasteiger partial charge is 0.489 e. The normalized spacial score (nSPS) is 13.8. The van der Waals surface area contributed by atoms with Crippen LogP contribution in [0.25, 0.3) is 16.6 Å². The summed E-state index contributed by atoms with van der Waals surface area (Å²) in [6, 6.07) is 22.2. The number of H-pyrrole nitrogens is 1. The van der Waals surface area contributed by atoms with Crippen LogP contribution < -0.4 is 10.1 Å². The van der Waals surface area contributed by atoms with Gasteiger partial charge in [-0.05, 0) is 62.6 Å². The highest BCUT2D eigenvalue weighted by molar-refractivity contribution is 5.94. The van der Waals surface area contributed by atoms with E-state index in [-0.39, 0.29) is 6.09 Å². The summed E-state index contributed by atoms with van der Waals surface area (Å²) in [4.78, 5) is 22.1. The van der Waals surface area contributed by atoms with E-state index in [9.17, 15) is 4.79 Å². The number of nitrogens with one attached hydrogen (secondary N) is 2. The van der Waals surface area contributed by atoms with Crippen molar-refractivity contribution in [3.63, 3.8) is 0 Å². The van der Waals surface area contributed by atoms with Crippen molar-refractivity contribution < 1.29 is 14.3 Å². The van der Waals surface area contributed by atoms with Gasteiger partial charge in [-0.2, -0.15) is 0 Å². The number of benzene rings is 2. The number of anilines is 2. The Kier molecular flexibility index (Phi) is 6.86. The van der Waals surface area contributed by atoms with Crippen LogP contribution in [0.4, 0.5) is 16.2 Å². The minimum atomic E-state index is -0.499. The van der Waals surface area contributed by atoms with Gasteiger partial charge in [0.05, 0.1) is 5.69 Å². The number of rotatable bonds is 6. The maximum Gasteiger partial charge on any atom is 0.410 e. The predicted octanol–water partition coefficient (Wildman–Crippen LogP) is 6.91. The summed E-state index contributed by atoms with van der Waals surface area (Å²) in [6.07, 6.45) is 4.34. The molecular formula is C30H32N4O3. The molecule has 0 spiro atoms. The number of nitrogens with zero attached hydrogens (tertiary/aromatic N) is 2. The third-order valence-corrected chi connectivity index (χ3v) is 6.10. The lowest BCUT2D eigenvalue weighted by atomic mass is 10.0. The van der Waals surface area contributed by atoms with Crippen LogP contribution in [0.1, 0.15) is 38.4 Å². The zero-order chi connectivity index (χ0) is 25.8. The van der Waals surface area contributed by atoms with E-state index in [0.717, 1.165) is 45.8 Å². The average molecular weight is 497 g/mol. The van der Waals surface area contributed by atoms with Crippen molar-refractivity contribution in [2.24, 2.45) is 0 Å². The molecule has 7 nitrogen and oxygen atoms in total. The van der Waals surface area contributed by atoms with E-state index in [4.69, 9.17) is 9.47 Å². The van der Waals surface area contributed by atoms with Gasteiger partial charge in [0.1, 0.15) is 23.6 Å². The van der Waals surface area contributed by atoms with Gasteiger partial charge < -0.3 is 24.7 Å². The number of fused-ring (bicyclic) bond motifs is 1. The van der Waals surface area contributed by atoms with Crippen LogP contribution in [-0.2, 0) is 11.3 Å². The number of aromatic nitrogens is 2. The summed E-state index contributed by atoms with van der Waals surface area (Å²) in [5, 5.41) is 4.52. The van der Waals surface area contributed by atoms with Gasteiger partial charge >= 0.3 is 6.09 Å². The molecular weight excluding hydrogens is 464 g/mol. The highest BCUT2D eigenvalue weighted by Crippen LogP contribution is 2.31. The van der Waals surface area contributed by atoms with E-state index < -0.39 is 5.60 Å². The van der Waals surface area contributed by atoms with E-state index >= 15 is 0 Å². The Morgan fingerprint density at radius 3 is 2.68 bits per heavy atom. The van der Waals surface area contributed by atoms with Crippen LogP contribution >= 0.6 is 0 Å². The first kappa shape index (κ1) is 24.4. The zero-order valence-electron chi connectivity index (χ0n) is 21.5. The third-order valence-electron chi connectivity index (χ3n) is 6.10. The zero-order valence-corrected chi connectivity index (χ0v) is 21.5. The first-order chi connectivity index (χ1) is 17.8. The van der Waals surface area contributed by atoms with E-state index in [1.165, 1.54) is 5.57 Å². The van der Waals surface area contributed by atoms with E-state index in [2.05, 4.69) is 39.6 Å². The molecule has 1 aliphatic rings. The second-order valence-electron chi connectivity index (χ2n) is 10.1. The molecule has 190 valence electrons. The summed E-state index contributed by atoms with van der Waals surface area (Å²) in [6.45, 7) is 7.30. The molecule has 1 aliphatic heterocycles. The van der Waals surface area contributed by atoms with Crippen molar-refractivity contribution >= 4 is 34.1 Å². The average Bonchev–Trinajstić information content (AvgIpc) is 3.33. The molecule has 0 radical (unpaired) electrons. The summed E-state index contributed by atoms with van der Waals surface area (Å²) in [7, 11) is 0. The fraction of sp³-hybridized carbons (Fsp3) is 0.267. The Morgan fingerprint density at radius 1 is 1.08 bits per heavy atom. The van der Waals surface area contributed by atoms with Crippen molar-refractivity contribution in [2.75, 3.05) is 18.4 Å². The Balaban J connectivity index is 1.29. The lowest BCUT2D eigenvalue weighted by Gasteiger charge is -2.29. The minimum Gasteiger partial charge on any atom is -0.489 e. The molecule has 3 heterocycles. The molecule has 0 saturated heterocycles. The van der Waals surface area contributed by atoms with Gasteiger partial charge in [0.25, 0.3) is 0 Å². The minimum absolute atomic E-state index is 0.275. The molecule has 0 atom stereocenters. The Hall–Kier alpha value is -4.26. The molecule has 0 fully saturated rings. The molecule has 0 aliphatic carbocycles. The molecule has 7 heteroatoms. The number of aromatic amines is 1. The van der Waals surface area contributed by atoms with E-state index in [0.29, 0.717) is 19.7 Å². The van der Waals surface area contributed by atoms with Crippen molar-refractivity contribution in [3.05, 3.63) is 90.3 Å². The fourth-order valence-corrected chi connectivity index (χ4v) is 4.28. The Morgan fingerprint density at radius 2 is 1.92 bits per heavy atom. The van der Waals surface area contributed by atoms with E-state index in [1.807, 2.05) is 69.3 Å². The predicted molar refractivity (Wildman–Crippen MR) is 147 cm³/mol. The standard InChI is InChI=1S/C30H32N4O3/c1-30(2,3)37-29(35)34-16-13-22(14-17-34)27-19-25-26(12-15-31-28(25)33-27)32-23-10-7-11-24(18-23)36-20-21-8-5-4-6-9-21/h4-13,15,18-19H,14,16-17,20H2,1-3H3,(H2,31,32,33). The third kappa shape index (κ3) is 6.12. The van der Waals surface area contributed by atoms with Gasteiger partial charge in [-0.25, -0.2) is 9.78 Å². The maximum absolute atomic E-state index is 12.4. The Bertz CT molecular complexity index is 1420. The molecule has 1 amide bonds. The Labute approximate surface area is 217 Å². The lowest BCUT2D eigenvalue weighted by molar-refractivity contribution is 0.0270. The summed E-state index contributed by atoms with van der Waals surface area (Å²) in [5.74, 6) is 0.802. The lowest BCUT2D eigenvalue weighted by Crippen LogP contribution is -2.39. The molecule has 4 aromatic rings. The van der Waals surface area contributed by atoms with Crippen molar-refractivity contribution in [1.29, 1.82) is 0 Å². The summed E-state index contributed by atoms with van der Waals surface area (Å²) >= 11 is 0. The molecule has 37 heavy (non-hydrogen) atoms. The number of hydrogen-bond acceptors (Lipinski definition) is 5. The second-order valence-corrected chi connectivity index (χ2v) is 10.1. The summed E-state index contributed by atoms with van der Waals surface area (Å²) < 4.78 is 11.5. The SMILES string of the molecule is CC(C)(C)OC(=O)N1CC=C(c2cc3c(Nc4cccc(OCc5ccccc5)c4)ccnc3[nH]2)CC1. The number of hydrogen-bond donors (Lipinski definition) is 2. The number of carbonyl (C=O) groups is 1. The molecule has 0 unspecified atom stereocenters. The number of amides is 1. The van der Waals surface area contributed by atoms with Gasteiger partial charge in [0, 0.05) is 42.1 Å².